The molecule has 1 atom stereocenters. The number of nitrogens with one attached hydrogen (secondary N) is 1. The average molecular weight is 274 g/mol. The molecule has 20 heavy (non-hydrogen) atoms. The first-order valence-electron chi connectivity index (χ1n) is 6.89. The summed E-state index contributed by atoms with van der Waals surface area (Å²) in [5.41, 5.74) is 2.02. The van der Waals surface area contributed by atoms with Gasteiger partial charge in [0.2, 0.25) is 0 Å². The SMILES string of the molecule is O=C(O)[C@@H]1CC2(CC2)/C(=N/OCc2ccccc2)CN1. The molecule has 0 unspecified atom stereocenters. The molecule has 1 saturated carbocycles. The maximum absolute atomic E-state index is 11.0. The Bertz CT molecular complexity index is 523. The van der Waals surface area contributed by atoms with Crippen LogP contribution in [0.2, 0.25) is 0 Å². The molecule has 5 heteroatoms. The van der Waals surface area contributed by atoms with Crippen molar-refractivity contribution in [3.63, 3.8) is 0 Å². The maximum Gasteiger partial charge on any atom is 0.320 e. The monoisotopic (exact) mass is 274 g/mol. The number of carboxylic acids is 1. The predicted molar refractivity (Wildman–Crippen MR) is 74.4 cm³/mol. The number of piperidine rings is 1. The molecule has 5 nitrogen and oxygen atoms in total. The van der Waals surface area contributed by atoms with Gasteiger partial charge in [-0.3, -0.25) is 10.1 Å². The van der Waals surface area contributed by atoms with Crippen LogP contribution in [0.5, 0.6) is 0 Å². The Balaban J connectivity index is 1.60. The molecular formula is C15H18N2O3. The van der Waals surface area contributed by atoms with Crippen molar-refractivity contribution in [1.82, 2.24) is 5.32 Å². The minimum absolute atomic E-state index is 0.0228. The number of oxime groups is 1. The Morgan fingerprint density at radius 3 is 2.80 bits per heavy atom. The lowest BCUT2D eigenvalue weighted by molar-refractivity contribution is -0.140. The van der Waals surface area contributed by atoms with Gasteiger partial charge in [-0.1, -0.05) is 35.5 Å². The van der Waals surface area contributed by atoms with Crippen molar-refractivity contribution in [1.29, 1.82) is 0 Å². The quantitative estimate of drug-likeness (QED) is 0.821. The van der Waals surface area contributed by atoms with Crippen molar-refractivity contribution in [2.75, 3.05) is 6.54 Å². The van der Waals surface area contributed by atoms with E-state index in [2.05, 4.69) is 10.5 Å². The molecule has 2 aliphatic rings. The van der Waals surface area contributed by atoms with E-state index >= 15 is 0 Å². The van der Waals surface area contributed by atoms with E-state index in [9.17, 15) is 4.79 Å². The molecule has 0 amide bonds. The number of hydrogen-bond donors (Lipinski definition) is 2. The van der Waals surface area contributed by atoms with E-state index in [1.165, 1.54) is 0 Å². The molecule has 0 bridgehead atoms. The maximum atomic E-state index is 11.0. The Morgan fingerprint density at radius 2 is 2.15 bits per heavy atom. The van der Waals surface area contributed by atoms with Crippen molar-refractivity contribution >= 4 is 11.7 Å². The van der Waals surface area contributed by atoms with Gasteiger partial charge in [-0.15, -0.1) is 0 Å². The third-order valence-electron chi connectivity index (χ3n) is 4.12. The van der Waals surface area contributed by atoms with Crippen molar-refractivity contribution in [3.8, 4) is 0 Å². The van der Waals surface area contributed by atoms with Crippen molar-refractivity contribution < 1.29 is 14.7 Å². The zero-order chi connectivity index (χ0) is 14.0. The summed E-state index contributed by atoms with van der Waals surface area (Å²) in [6, 6.07) is 9.43. The van der Waals surface area contributed by atoms with E-state index in [0.29, 0.717) is 19.6 Å². The standard InChI is InChI=1S/C15H18N2O3/c18-14(19)12-8-15(6-7-15)13(9-16-12)17-20-10-11-4-2-1-3-5-11/h1-5,12,16H,6-10H2,(H,18,19)/b17-13+/t12-/m0/s1. The van der Waals surface area contributed by atoms with Crippen LogP contribution in [0.4, 0.5) is 0 Å². The third-order valence-corrected chi connectivity index (χ3v) is 4.12. The summed E-state index contributed by atoms with van der Waals surface area (Å²) in [5, 5.41) is 16.3. The smallest absolute Gasteiger partial charge is 0.320 e. The average Bonchev–Trinajstić information content (AvgIpc) is 3.22. The van der Waals surface area contributed by atoms with Crippen molar-refractivity contribution in [2.45, 2.75) is 31.9 Å². The van der Waals surface area contributed by atoms with Crippen LogP contribution < -0.4 is 5.32 Å². The normalized spacial score (nSPS) is 25.6. The molecule has 0 aromatic heterocycles. The van der Waals surface area contributed by atoms with E-state index in [4.69, 9.17) is 9.94 Å². The fourth-order valence-corrected chi connectivity index (χ4v) is 2.69. The molecule has 1 spiro atoms. The van der Waals surface area contributed by atoms with E-state index in [-0.39, 0.29) is 5.41 Å². The Hall–Kier alpha value is -1.88. The zero-order valence-corrected chi connectivity index (χ0v) is 11.2. The summed E-state index contributed by atoms with van der Waals surface area (Å²) in [7, 11) is 0. The van der Waals surface area contributed by atoms with Crippen molar-refractivity contribution in [3.05, 3.63) is 35.9 Å². The molecule has 1 aromatic carbocycles. The third kappa shape index (κ3) is 2.67. The number of nitrogens with zero attached hydrogens (tertiary/aromatic N) is 1. The van der Waals surface area contributed by atoms with E-state index < -0.39 is 12.0 Å². The van der Waals surface area contributed by atoms with E-state index in [1.54, 1.807) is 0 Å². The largest absolute Gasteiger partial charge is 0.480 e. The van der Waals surface area contributed by atoms with Gasteiger partial charge in [-0.05, 0) is 24.8 Å². The second-order valence-electron chi connectivity index (χ2n) is 5.55. The van der Waals surface area contributed by atoms with Crippen LogP contribution >= 0.6 is 0 Å². The predicted octanol–water partition coefficient (Wildman–Crippen LogP) is 1.79. The second kappa shape index (κ2) is 5.25. The van der Waals surface area contributed by atoms with Gasteiger partial charge in [0.15, 0.2) is 0 Å². The van der Waals surface area contributed by atoms with E-state index in [1.807, 2.05) is 30.3 Å². The molecule has 2 fully saturated rings. The number of benzene rings is 1. The first-order chi connectivity index (χ1) is 9.70. The fraction of sp³-hybridized carbons (Fsp3) is 0.467. The fourth-order valence-electron chi connectivity index (χ4n) is 2.69. The molecule has 3 rings (SSSR count). The van der Waals surface area contributed by atoms with Gasteiger partial charge in [0, 0.05) is 12.0 Å². The highest BCUT2D eigenvalue weighted by atomic mass is 16.6. The number of rotatable bonds is 4. The number of carboxylic acid groups (broad SMARTS) is 1. The minimum Gasteiger partial charge on any atom is -0.480 e. The van der Waals surface area contributed by atoms with Crippen LogP contribution in [-0.2, 0) is 16.2 Å². The van der Waals surface area contributed by atoms with Gasteiger partial charge >= 0.3 is 5.97 Å². The summed E-state index contributed by atoms with van der Waals surface area (Å²) < 4.78 is 0. The summed E-state index contributed by atoms with van der Waals surface area (Å²) in [4.78, 5) is 16.5. The molecule has 1 heterocycles. The highest BCUT2D eigenvalue weighted by Crippen LogP contribution is 2.52. The highest BCUT2D eigenvalue weighted by molar-refractivity contribution is 5.96. The molecule has 1 aliphatic heterocycles. The first-order valence-corrected chi connectivity index (χ1v) is 6.89. The number of aliphatic carboxylic acids is 1. The topological polar surface area (TPSA) is 70.9 Å². The van der Waals surface area contributed by atoms with Gasteiger partial charge in [-0.2, -0.15) is 0 Å². The van der Waals surface area contributed by atoms with Crippen LogP contribution in [0.15, 0.2) is 35.5 Å². The Labute approximate surface area is 117 Å². The highest BCUT2D eigenvalue weighted by Gasteiger charge is 2.52. The summed E-state index contributed by atoms with van der Waals surface area (Å²) in [6.07, 6.45) is 2.66. The molecule has 1 aromatic rings. The van der Waals surface area contributed by atoms with Gasteiger partial charge < -0.3 is 9.94 Å². The Morgan fingerprint density at radius 1 is 1.40 bits per heavy atom. The van der Waals surface area contributed by atoms with Gasteiger partial charge in [0.1, 0.15) is 12.6 Å². The summed E-state index contributed by atoms with van der Waals surface area (Å²) in [5.74, 6) is -0.777. The van der Waals surface area contributed by atoms with Gasteiger partial charge in [-0.25, -0.2) is 0 Å². The first kappa shape index (κ1) is 13.1. The van der Waals surface area contributed by atoms with Crippen LogP contribution in [0.3, 0.4) is 0 Å². The van der Waals surface area contributed by atoms with Gasteiger partial charge in [0.05, 0.1) is 5.71 Å². The summed E-state index contributed by atoms with van der Waals surface area (Å²) in [6.45, 7) is 0.953. The van der Waals surface area contributed by atoms with Crippen LogP contribution in [-0.4, -0.2) is 29.4 Å². The minimum atomic E-state index is -0.777. The molecule has 0 radical (unpaired) electrons. The number of carbonyl (C=O) groups is 1. The van der Waals surface area contributed by atoms with Crippen LogP contribution in [0.1, 0.15) is 24.8 Å². The van der Waals surface area contributed by atoms with Crippen molar-refractivity contribution in [2.24, 2.45) is 10.6 Å². The lowest BCUT2D eigenvalue weighted by Crippen LogP contribution is -2.49. The zero-order valence-electron chi connectivity index (χ0n) is 11.2. The van der Waals surface area contributed by atoms with Crippen LogP contribution in [0, 0.1) is 5.41 Å². The molecule has 1 aliphatic carbocycles. The lowest BCUT2D eigenvalue weighted by Gasteiger charge is -2.28. The van der Waals surface area contributed by atoms with Crippen LogP contribution in [0.25, 0.3) is 0 Å². The summed E-state index contributed by atoms with van der Waals surface area (Å²) >= 11 is 0. The molecule has 1 saturated heterocycles. The Kier molecular flexibility index (Phi) is 3.44. The lowest BCUT2D eigenvalue weighted by atomic mass is 9.87. The number of hydrogen-bond acceptors (Lipinski definition) is 4. The van der Waals surface area contributed by atoms with Gasteiger partial charge in [0.25, 0.3) is 0 Å². The molecule has 106 valence electrons. The van der Waals surface area contributed by atoms with E-state index in [0.717, 1.165) is 24.1 Å². The molecule has 2 N–H and O–H groups in total. The molecular weight excluding hydrogens is 256 g/mol. The second-order valence-corrected chi connectivity index (χ2v) is 5.55.